The number of ether oxygens (including phenoxy) is 1. The number of carbonyl (C=O) groups is 1. The predicted octanol–water partition coefficient (Wildman–Crippen LogP) is 2.37. The van der Waals surface area contributed by atoms with Crippen LogP contribution in [0.4, 0.5) is 4.39 Å². The highest BCUT2D eigenvalue weighted by Crippen LogP contribution is 2.15. The number of halogens is 1. The summed E-state index contributed by atoms with van der Waals surface area (Å²) in [5.41, 5.74) is 1.03. The summed E-state index contributed by atoms with van der Waals surface area (Å²) in [4.78, 5) is 13.4. The molecule has 23 heavy (non-hydrogen) atoms. The number of methoxy groups -OCH3 is 1. The monoisotopic (exact) mass is 312 g/mol. The van der Waals surface area contributed by atoms with Crippen molar-refractivity contribution >= 4 is 5.78 Å². The molecule has 0 aliphatic heterocycles. The van der Waals surface area contributed by atoms with Crippen molar-refractivity contribution in [3.05, 3.63) is 59.9 Å². The molecular weight excluding hydrogens is 299 g/mol. The second-order valence-corrected chi connectivity index (χ2v) is 4.81. The largest absolute Gasteiger partial charge is 0.497 e. The third-order valence-corrected chi connectivity index (χ3v) is 3.23. The fourth-order valence-electron chi connectivity index (χ4n) is 2.05. The van der Waals surface area contributed by atoms with Gasteiger partial charge in [-0.15, -0.1) is 10.2 Å². The lowest BCUT2D eigenvalue weighted by molar-refractivity contribution is 0.0961. The van der Waals surface area contributed by atoms with E-state index in [0.29, 0.717) is 16.9 Å². The van der Waals surface area contributed by atoms with Crippen molar-refractivity contribution in [1.29, 1.82) is 0 Å². The third kappa shape index (κ3) is 3.39. The van der Waals surface area contributed by atoms with Crippen LogP contribution in [0.25, 0.3) is 11.4 Å². The number of carbonyl (C=O) groups excluding carboxylic acids is 1. The van der Waals surface area contributed by atoms with Gasteiger partial charge in [-0.3, -0.25) is 4.79 Å². The number of hydrogen-bond acceptors (Lipinski definition) is 5. The van der Waals surface area contributed by atoms with Gasteiger partial charge in [0.15, 0.2) is 5.78 Å². The summed E-state index contributed by atoms with van der Waals surface area (Å²) in [5, 5.41) is 11.8. The van der Waals surface area contributed by atoms with Gasteiger partial charge < -0.3 is 4.74 Å². The Bertz CT molecular complexity index is 830. The standard InChI is InChI=1S/C16H13FN4O2/c1-23-14-7-5-11(6-8-14)15(22)10-21-19-16(18-20-21)12-3-2-4-13(17)9-12/h2-9H,10H2,1H3. The average Bonchev–Trinajstić information content (AvgIpc) is 3.03. The number of tetrazole rings is 1. The molecule has 1 aromatic heterocycles. The number of rotatable bonds is 5. The molecule has 2 aromatic carbocycles. The minimum absolute atomic E-state index is 0.0470. The number of aromatic nitrogens is 4. The quantitative estimate of drug-likeness (QED) is 0.676. The minimum atomic E-state index is -0.381. The lowest BCUT2D eigenvalue weighted by Gasteiger charge is -2.02. The summed E-state index contributed by atoms with van der Waals surface area (Å²) < 4.78 is 18.3. The van der Waals surface area contributed by atoms with E-state index in [-0.39, 0.29) is 24.0 Å². The fourth-order valence-corrected chi connectivity index (χ4v) is 2.05. The molecule has 0 radical (unpaired) electrons. The topological polar surface area (TPSA) is 69.9 Å². The Hall–Kier alpha value is -3.09. The summed E-state index contributed by atoms with van der Waals surface area (Å²) >= 11 is 0. The Balaban J connectivity index is 1.74. The van der Waals surface area contributed by atoms with Gasteiger partial charge in [-0.25, -0.2) is 4.39 Å². The van der Waals surface area contributed by atoms with Crippen LogP contribution in [0.5, 0.6) is 5.75 Å². The minimum Gasteiger partial charge on any atom is -0.497 e. The Morgan fingerprint density at radius 3 is 2.70 bits per heavy atom. The third-order valence-electron chi connectivity index (χ3n) is 3.23. The second-order valence-electron chi connectivity index (χ2n) is 4.81. The van der Waals surface area contributed by atoms with Crippen LogP contribution in [-0.2, 0) is 6.54 Å². The SMILES string of the molecule is COc1ccc(C(=O)Cn2nnc(-c3cccc(F)c3)n2)cc1. The summed E-state index contributed by atoms with van der Waals surface area (Å²) in [5.74, 6) is 0.407. The maximum atomic E-state index is 13.2. The van der Waals surface area contributed by atoms with Crippen LogP contribution in [0.2, 0.25) is 0 Å². The first-order valence-corrected chi connectivity index (χ1v) is 6.87. The van der Waals surface area contributed by atoms with Gasteiger partial charge in [0, 0.05) is 11.1 Å². The first-order chi connectivity index (χ1) is 11.2. The van der Waals surface area contributed by atoms with Crippen molar-refractivity contribution in [3.63, 3.8) is 0 Å². The van der Waals surface area contributed by atoms with Gasteiger partial charge in [-0.2, -0.15) is 4.80 Å². The molecule has 3 rings (SSSR count). The molecule has 3 aromatic rings. The van der Waals surface area contributed by atoms with E-state index in [2.05, 4.69) is 15.4 Å². The zero-order chi connectivity index (χ0) is 16.2. The van der Waals surface area contributed by atoms with Crippen molar-refractivity contribution < 1.29 is 13.9 Å². The molecule has 116 valence electrons. The molecular formula is C16H13FN4O2. The van der Waals surface area contributed by atoms with Gasteiger partial charge in [-0.1, -0.05) is 12.1 Å². The number of ketones is 1. The summed E-state index contributed by atoms with van der Waals surface area (Å²) in [6, 6.07) is 12.6. The Labute approximate surface area is 131 Å². The van der Waals surface area contributed by atoms with E-state index in [9.17, 15) is 9.18 Å². The number of benzene rings is 2. The molecule has 0 aliphatic rings. The predicted molar refractivity (Wildman–Crippen MR) is 80.5 cm³/mol. The Morgan fingerprint density at radius 2 is 2.00 bits per heavy atom. The molecule has 0 spiro atoms. The Kier molecular flexibility index (Phi) is 4.09. The average molecular weight is 312 g/mol. The summed E-state index contributed by atoms with van der Waals surface area (Å²) in [6.07, 6.45) is 0. The maximum Gasteiger partial charge on any atom is 0.205 e. The van der Waals surface area contributed by atoms with Gasteiger partial charge in [0.05, 0.1) is 7.11 Å². The highest BCUT2D eigenvalue weighted by atomic mass is 19.1. The van der Waals surface area contributed by atoms with E-state index >= 15 is 0 Å². The molecule has 0 N–H and O–H groups in total. The first-order valence-electron chi connectivity index (χ1n) is 6.87. The molecule has 0 saturated heterocycles. The van der Waals surface area contributed by atoms with Crippen molar-refractivity contribution in [2.24, 2.45) is 0 Å². The first kappa shape index (κ1) is 14.8. The highest BCUT2D eigenvalue weighted by molar-refractivity contribution is 5.95. The van der Waals surface area contributed by atoms with Crippen molar-refractivity contribution in [2.45, 2.75) is 6.54 Å². The van der Waals surface area contributed by atoms with Gasteiger partial charge in [0.25, 0.3) is 0 Å². The summed E-state index contributed by atoms with van der Waals surface area (Å²) in [6.45, 7) is -0.0470. The van der Waals surface area contributed by atoms with Crippen LogP contribution in [0.15, 0.2) is 48.5 Å². The molecule has 0 fully saturated rings. The van der Waals surface area contributed by atoms with Gasteiger partial charge in [0.2, 0.25) is 5.82 Å². The van der Waals surface area contributed by atoms with Crippen LogP contribution in [-0.4, -0.2) is 33.1 Å². The maximum absolute atomic E-state index is 13.2. The van der Waals surface area contributed by atoms with E-state index in [0.717, 1.165) is 0 Å². The lowest BCUT2D eigenvalue weighted by Crippen LogP contribution is -2.13. The highest BCUT2D eigenvalue weighted by Gasteiger charge is 2.11. The second kappa shape index (κ2) is 6.35. The molecule has 0 bridgehead atoms. The van der Waals surface area contributed by atoms with Gasteiger partial charge in [0.1, 0.15) is 18.1 Å². The zero-order valence-electron chi connectivity index (χ0n) is 12.3. The van der Waals surface area contributed by atoms with Gasteiger partial charge in [-0.05, 0) is 41.6 Å². The molecule has 1 heterocycles. The molecule has 6 nitrogen and oxygen atoms in total. The number of hydrogen-bond donors (Lipinski definition) is 0. The Morgan fingerprint density at radius 1 is 1.22 bits per heavy atom. The van der Waals surface area contributed by atoms with Crippen LogP contribution < -0.4 is 4.74 Å². The molecule has 0 atom stereocenters. The van der Waals surface area contributed by atoms with E-state index in [1.807, 2.05) is 0 Å². The summed E-state index contributed by atoms with van der Waals surface area (Å²) in [7, 11) is 1.56. The van der Waals surface area contributed by atoms with E-state index in [1.165, 1.54) is 16.9 Å². The van der Waals surface area contributed by atoms with Crippen molar-refractivity contribution in [3.8, 4) is 17.1 Å². The molecule has 7 heteroatoms. The van der Waals surface area contributed by atoms with E-state index in [4.69, 9.17) is 4.74 Å². The van der Waals surface area contributed by atoms with Crippen LogP contribution in [0.3, 0.4) is 0 Å². The zero-order valence-corrected chi connectivity index (χ0v) is 12.3. The molecule has 0 saturated carbocycles. The van der Waals surface area contributed by atoms with Crippen LogP contribution >= 0.6 is 0 Å². The van der Waals surface area contributed by atoms with Crippen LogP contribution in [0.1, 0.15) is 10.4 Å². The number of Topliss-reactive ketones (excluding diaryl/α,β-unsaturated/α-hetero) is 1. The van der Waals surface area contributed by atoms with Crippen molar-refractivity contribution in [1.82, 2.24) is 20.2 Å². The van der Waals surface area contributed by atoms with E-state index in [1.54, 1.807) is 43.5 Å². The molecule has 0 aliphatic carbocycles. The number of nitrogens with zero attached hydrogens (tertiary/aromatic N) is 4. The van der Waals surface area contributed by atoms with Crippen LogP contribution in [0, 0.1) is 5.82 Å². The normalized spacial score (nSPS) is 10.5. The van der Waals surface area contributed by atoms with E-state index < -0.39 is 0 Å². The van der Waals surface area contributed by atoms with Gasteiger partial charge >= 0.3 is 0 Å². The van der Waals surface area contributed by atoms with Crippen molar-refractivity contribution in [2.75, 3.05) is 7.11 Å². The molecule has 0 unspecified atom stereocenters. The fraction of sp³-hybridized carbons (Fsp3) is 0.125. The smallest absolute Gasteiger partial charge is 0.205 e. The molecule has 0 amide bonds. The lowest BCUT2D eigenvalue weighted by atomic mass is 10.1.